The van der Waals surface area contributed by atoms with Crippen LogP contribution in [0.4, 0.5) is 0 Å². The van der Waals surface area contributed by atoms with Gasteiger partial charge in [0.1, 0.15) is 11.2 Å². The second kappa shape index (κ2) is 3.07. The SMILES string of the molecule is c1ccc2c(c1)c1ccccc1c1c3ccc(o3)c21. The molecule has 0 aliphatic rings. The molecule has 0 spiro atoms. The van der Waals surface area contributed by atoms with E-state index in [0.717, 1.165) is 11.2 Å². The molecule has 5 aromatic rings. The van der Waals surface area contributed by atoms with Gasteiger partial charge in [-0.05, 0) is 33.7 Å². The summed E-state index contributed by atoms with van der Waals surface area (Å²) in [6.07, 6.45) is 0. The Morgan fingerprint density at radius 1 is 0.474 bits per heavy atom. The molecule has 88 valence electrons. The molecule has 1 heteroatoms. The van der Waals surface area contributed by atoms with Crippen LogP contribution in [0.15, 0.2) is 65.1 Å². The van der Waals surface area contributed by atoms with Crippen LogP contribution in [0.25, 0.3) is 43.5 Å². The highest BCUT2D eigenvalue weighted by Crippen LogP contribution is 2.42. The molecule has 0 aliphatic heterocycles. The second-order valence-corrected chi connectivity index (χ2v) is 5.01. The van der Waals surface area contributed by atoms with Gasteiger partial charge < -0.3 is 4.42 Å². The molecule has 0 saturated carbocycles. The van der Waals surface area contributed by atoms with Crippen molar-refractivity contribution in [2.75, 3.05) is 0 Å². The quantitative estimate of drug-likeness (QED) is 0.334. The Labute approximate surface area is 109 Å². The molecule has 0 unspecified atom stereocenters. The van der Waals surface area contributed by atoms with Crippen LogP contribution in [0.3, 0.4) is 0 Å². The average Bonchev–Trinajstić information content (AvgIpc) is 3.09. The van der Waals surface area contributed by atoms with Gasteiger partial charge in [0.05, 0.1) is 0 Å². The van der Waals surface area contributed by atoms with Crippen molar-refractivity contribution in [3.63, 3.8) is 0 Å². The van der Waals surface area contributed by atoms with E-state index >= 15 is 0 Å². The zero-order valence-corrected chi connectivity index (χ0v) is 10.2. The Hall–Kier alpha value is -2.54. The second-order valence-electron chi connectivity index (χ2n) is 5.01. The van der Waals surface area contributed by atoms with Gasteiger partial charge in [0, 0.05) is 10.8 Å². The predicted molar refractivity (Wildman–Crippen MR) is 79.9 cm³/mol. The fourth-order valence-electron chi connectivity index (χ4n) is 3.26. The van der Waals surface area contributed by atoms with Gasteiger partial charge >= 0.3 is 0 Å². The molecule has 0 atom stereocenters. The number of hydrogen-bond donors (Lipinski definition) is 0. The van der Waals surface area contributed by atoms with Crippen LogP contribution >= 0.6 is 0 Å². The van der Waals surface area contributed by atoms with Gasteiger partial charge in [-0.1, -0.05) is 48.5 Å². The van der Waals surface area contributed by atoms with E-state index < -0.39 is 0 Å². The number of furan rings is 2. The highest BCUT2D eigenvalue weighted by atomic mass is 16.3. The number of benzene rings is 4. The first-order valence-electron chi connectivity index (χ1n) is 6.47. The third kappa shape index (κ3) is 1.02. The fraction of sp³-hybridized carbons (Fsp3) is 0. The molecule has 1 nitrogen and oxygen atoms in total. The fourth-order valence-corrected chi connectivity index (χ4v) is 3.26. The maximum absolute atomic E-state index is 5.88. The zero-order valence-electron chi connectivity index (χ0n) is 10.2. The predicted octanol–water partition coefficient (Wildman–Crippen LogP) is 5.33. The molecule has 2 heterocycles. The Morgan fingerprint density at radius 3 is 1.37 bits per heavy atom. The van der Waals surface area contributed by atoms with E-state index in [1.54, 1.807) is 0 Å². The van der Waals surface area contributed by atoms with Crippen molar-refractivity contribution < 1.29 is 4.42 Å². The van der Waals surface area contributed by atoms with E-state index in [0.29, 0.717) is 0 Å². The summed E-state index contributed by atoms with van der Waals surface area (Å²) in [5.74, 6) is 0. The maximum atomic E-state index is 5.88. The minimum atomic E-state index is 0.993. The minimum absolute atomic E-state index is 0.993. The van der Waals surface area contributed by atoms with E-state index in [9.17, 15) is 0 Å². The van der Waals surface area contributed by atoms with Gasteiger partial charge in [0.25, 0.3) is 0 Å². The van der Waals surface area contributed by atoms with Gasteiger partial charge in [0.2, 0.25) is 0 Å². The largest absolute Gasteiger partial charge is 0.456 e. The first kappa shape index (κ1) is 9.40. The molecule has 0 N–H and O–H groups in total. The Balaban J connectivity index is 2.31. The van der Waals surface area contributed by atoms with E-state index in [1.807, 2.05) is 0 Å². The summed E-state index contributed by atoms with van der Waals surface area (Å²) in [6, 6.07) is 21.3. The van der Waals surface area contributed by atoms with E-state index in [2.05, 4.69) is 60.7 Å². The Kier molecular flexibility index (Phi) is 1.52. The minimum Gasteiger partial charge on any atom is -0.456 e. The lowest BCUT2D eigenvalue weighted by atomic mass is 9.95. The number of rotatable bonds is 0. The van der Waals surface area contributed by atoms with Crippen LogP contribution in [-0.2, 0) is 0 Å². The lowest BCUT2D eigenvalue weighted by Crippen LogP contribution is -1.80. The molecule has 0 aliphatic carbocycles. The summed E-state index contributed by atoms with van der Waals surface area (Å²) in [4.78, 5) is 0. The van der Waals surface area contributed by atoms with Crippen LogP contribution in [0.5, 0.6) is 0 Å². The van der Waals surface area contributed by atoms with Crippen molar-refractivity contribution in [2.24, 2.45) is 0 Å². The number of fused-ring (bicyclic) bond motifs is 10. The van der Waals surface area contributed by atoms with Crippen molar-refractivity contribution in [1.29, 1.82) is 0 Å². The van der Waals surface area contributed by atoms with Crippen LogP contribution in [0.1, 0.15) is 0 Å². The van der Waals surface area contributed by atoms with Crippen molar-refractivity contribution in [3.05, 3.63) is 60.7 Å². The molecule has 3 aromatic carbocycles. The molecular weight excluding hydrogens is 232 g/mol. The molecule has 19 heavy (non-hydrogen) atoms. The average molecular weight is 242 g/mol. The van der Waals surface area contributed by atoms with Crippen molar-refractivity contribution in [1.82, 2.24) is 0 Å². The normalized spacial score (nSPS) is 12.2. The van der Waals surface area contributed by atoms with Gasteiger partial charge in [-0.15, -0.1) is 0 Å². The smallest absolute Gasteiger partial charge is 0.136 e. The molecule has 2 bridgehead atoms. The molecule has 5 rings (SSSR count). The molecule has 2 aromatic heterocycles. The van der Waals surface area contributed by atoms with Crippen LogP contribution < -0.4 is 0 Å². The van der Waals surface area contributed by atoms with E-state index in [-0.39, 0.29) is 0 Å². The topological polar surface area (TPSA) is 13.1 Å². The van der Waals surface area contributed by atoms with Gasteiger partial charge in [-0.3, -0.25) is 0 Å². The first-order valence-corrected chi connectivity index (χ1v) is 6.47. The summed E-state index contributed by atoms with van der Waals surface area (Å²) in [7, 11) is 0. The third-order valence-electron chi connectivity index (χ3n) is 4.03. The van der Waals surface area contributed by atoms with E-state index in [4.69, 9.17) is 4.42 Å². The van der Waals surface area contributed by atoms with Crippen molar-refractivity contribution in [3.8, 4) is 0 Å². The summed E-state index contributed by atoms with van der Waals surface area (Å²) in [6.45, 7) is 0. The Morgan fingerprint density at radius 2 is 0.895 bits per heavy atom. The summed E-state index contributed by atoms with van der Waals surface area (Å²) < 4.78 is 5.88. The molecule has 0 radical (unpaired) electrons. The maximum Gasteiger partial charge on any atom is 0.136 e. The molecule has 0 amide bonds. The first-order chi connectivity index (χ1) is 9.43. The van der Waals surface area contributed by atoms with Crippen LogP contribution in [0, 0.1) is 0 Å². The van der Waals surface area contributed by atoms with Crippen LogP contribution in [0.2, 0.25) is 0 Å². The lowest BCUT2D eigenvalue weighted by Gasteiger charge is -2.07. The summed E-state index contributed by atoms with van der Waals surface area (Å²) in [5.41, 5.74) is 1.99. The summed E-state index contributed by atoms with van der Waals surface area (Å²) in [5, 5.41) is 7.68. The van der Waals surface area contributed by atoms with Crippen molar-refractivity contribution >= 4 is 43.5 Å². The summed E-state index contributed by atoms with van der Waals surface area (Å²) >= 11 is 0. The lowest BCUT2D eigenvalue weighted by molar-refractivity contribution is 0.679. The molecule has 0 fully saturated rings. The monoisotopic (exact) mass is 242 g/mol. The highest BCUT2D eigenvalue weighted by Gasteiger charge is 2.16. The van der Waals surface area contributed by atoms with Crippen LogP contribution in [-0.4, -0.2) is 0 Å². The third-order valence-corrected chi connectivity index (χ3v) is 4.03. The van der Waals surface area contributed by atoms with Gasteiger partial charge in [-0.25, -0.2) is 0 Å². The highest BCUT2D eigenvalue weighted by molar-refractivity contribution is 6.33. The number of hydrogen-bond acceptors (Lipinski definition) is 1. The zero-order chi connectivity index (χ0) is 12.4. The molecular formula is C18H10O. The standard InChI is InChI=1S/C18H10O/c1-3-7-13-11(5-1)12-6-2-4-8-14(12)18-16-10-9-15(19-16)17(13)18/h1-10H. The van der Waals surface area contributed by atoms with Crippen molar-refractivity contribution in [2.45, 2.75) is 0 Å². The van der Waals surface area contributed by atoms with E-state index in [1.165, 1.54) is 32.3 Å². The van der Waals surface area contributed by atoms with Gasteiger partial charge in [0.15, 0.2) is 0 Å². The Bertz CT molecular complexity index is 969. The molecule has 0 saturated heterocycles. The van der Waals surface area contributed by atoms with Gasteiger partial charge in [-0.2, -0.15) is 0 Å².